The Kier molecular flexibility index (Phi) is 4.79. The minimum Gasteiger partial charge on any atom is -0.399 e. The lowest BCUT2D eigenvalue weighted by Crippen LogP contribution is -2.17. The Labute approximate surface area is 143 Å². The third-order valence-corrected chi connectivity index (χ3v) is 3.39. The molecule has 126 valence electrons. The monoisotopic (exact) mass is 336 g/mol. The molecule has 0 atom stereocenters. The standard InChI is InChI=1S/C17H16N6O2/c18-11-1-3-12(4-2-11)22-17(25)8-14(24)9-21-23-13-5-6-15-16(7-13)20-10-19-15/h1-7,10H,8-9,18H2,(H,19,20)(H,22,25). The summed E-state index contributed by atoms with van der Waals surface area (Å²) in [7, 11) is 0. The Morgan fingerprint density at radius 1 is 1.16 bits per heavy atom. The van der Waals surface area contributed by atoms with Crippen molar-refractivity contribution in [2.45, 2.75) is 6.42 Å². The maximum Gasteiger partial charge on any atom is 0.231 e. The Hall–Kier alpha value is -3.55. The molecule has 0 saturated carbocycles. The van der Waals surface area contributed by atoms with Gasteiger partial charge in [0.2, 0.25) is 5.91 Å². The molecule has 0 fully saturated rings. The number of hydrogen-bond acceptors (Lipinski definition) is 6. The summed E-state index contributed by atoms with van der Waals surface area (Å²) in [4.78, 5) is 30.7. The van der Waals surface area contributed by atoms with Gasteiger partial charge in [0.05, 0.1) is 29.5 Å². The molecule has 8 nitrogen and oxygen atoms in total. The van der Waals surface area contributed by atoms with Crippen LogP contribution in [-0.4, -0.2) is 28.2 Å². The zero-order chi connectivity index (χ0) is 17.6. The number of anilines is 2. The van der Waals surface area contributed by atoms with Crippen LogP contribution < -0.4 is 11.1 Å². The van der Waals surface area contributed by atoms with E-state index in [4.69, 9.17) is 5.73 Å². The molecule has 1 amide bonds. The summed E-state index contributed by atoms with van der Waals surface area (Å²) in [6, 6.07) is 12.0. The maximum absolute atomic E-state index is 11.8. The molecule has 4 N–H and O–H groups in total. The molecule has 3 rings (SSSR count). The molecule has 0 aliphatic rings. The fourth-order valence-electron chi connectivity index (χ4n) is 2.19. The second kappa shape index (κ2) is 7.35. The number of amides is 1. The molecule has 0 aliphatic carbocycles. The van der Waals surface area contributed by atoms with Crippen molar-refractivity contribution in [1.29, 1.82) is 0 Å². The molecule has 0 bridgehead atoms. The number of aromatic amines is 1. The Morgan fingerprint density at radius 2 is 1.96 bits per heavy atom. The highest BCUT2D eigenvalue weighted by Gasteiger charge is 2.09. The van der Waals surface area contributed by atoms with Crippen LogP contribution in [0.5, 0.6) is 0 Å². The molecule has 1 aromatic heterocycles. The molecule has 3 aromatic rings. The Bertz CT molecular complexity index is 930. The first-order valence-electron chi connectivity index (χ1n) is 7.58. The number of Topliss-reactive ketones (excluding diaryl/α,β-unsaturated/α-hetero) is 1. The van der Waals surface area contributed by atoms with Crippen LogP contribution in [0.3, 0.4) is 0 Å². The largest absolute Gasteiger partial charge is 0.399 e. The van der Waals surface area contributed by atoms with Gasteiger partial charge in [-0.15, -0.1) is 0 Å². The minimum atomic E-state index is -0.399. The van der Waals surface area contributed by atoms with Crippen molar-refractivity contribution in [3.63, 3.8) is 0 Å². The molecule has 1 heterocycles. The lowest BCUT2D eigenvalue weighted by atomic mass is 10.2. The number of nitrogens with one attached hydrogen (secondary N) is 2. The minimum absolute atomic E-state index is 0.157. The second-order valence-corrected chi connectivity index (χ2v) is 5.39. The van der Waals surface area contributed by atoms with Crippen LogP contribution in [0.2, 0.25) is 0 Å². The average Bonchev–Trinajstić information content (AvgIpc) is 3.04. The predicted octanol–water partition coefficient (Wildman–Crippen LogP) is 2.83. The fourth-order valence-corrected chi connectivity index (χ4v) is 2.19. The van der Waals surface area contributed by atoms with E-state index in [1.54, 1.807) is 42.7 Å². The first kappa shape index (κ1) is 16.3. The van der Waals surface area contributed by atoms with E-state index in [0.717, 1.165) is 11.0 Å². The van der Waals surface area contributed by atoms with Crippen molar-refractivity contribution in [1.82, 2.24) is 9.97 Å². The number of benzene rings is 2. The number of rotatable bonds is 6. The Morgan fingerprint density at radius 3 is 2.76 bits per heavy atom. The lowest BCUT2D eigenvalue weighted by Gasteiger charge is -2.04. The summed E-state index contributed by atoms with van der Waals surface area (Å²) in [5.74, 6) is -0.719. The summed E-state index contributed by atoms with van der Waals surface area (Å²) in [6.07, 6.45) is 1.33. The molecule has 0 spiro atoms. The summed E-state index contributed by atoms with van der Waals surface area (Å²) < 4.78 is 0. The van der Waals surface area contributed by atoms with Crippen LogP contribution in [0.15, 0.2) is 59.0 Å². The summed E-state index contributed by atoms with van der Waals surface area (Å²) >= 11 is 0. The van der Waals surface area contributed by atoms with Crippen molar-refractivity contribution in [3.8, 4) is 0 Å². The highest BCUT2D eigenvalue weighted by Crippen LogP contribution is 2.18. The molecular formula is C17H16N6O2. The van der Waals surface area contributed by atoms with E-state index in [9.17, 15) is 9.59 Å². The molecule has 2 aromatic carbocycles. The van der Waals surface area contributed by atoms with Gasteiger partial charge in [0.1, 0.15) is 6.54 Å². The number of carbonyl (C=O) groups excluding carboxylic acids is 2. The van der Waals surface area contributed by atoms with Gasteiger partial charge in [-0.05, 0) is 42.5 Å². The van der Waals surface area contributed by atoms with E-state index in [0.29, 0.717) is 17.1 Å². The van der Waals surface area contributed by atoms with Gasteiger partial charge in [0.25, 0.3) is 0 Å². The number of carbonyl (C=O) groups is 2. The van der Waals surface area contributed by atoms with Crippen LogP contribution >= 0.6 is 0 Å². The molecule has 25 heavy (non-hydrogen) atoms. The first-order chi connectivity index (χ1) is 12.1. The fraction of sp³-hybridized carbons (Fsp3) is 0.118. The van der Waals surface area contributed by atoms with Crippen LogP contribution in [0.4, 0.5) is 17.1 Å². The smallest absolute Gasteiger partial charge is 0.231 e. The Balaban J connectivity index is 1.49. The highest BCUT2D eigenvalue weighted by atomic mass is 16.2. The van der Waals surface area contributed by atoms with Crippen molar-refractivity contribution >= 4 is 39.8 Å². The van der Waals surface area contributed by atoms with Gasteiger partial charge >= 0.3 is 0 Å². The number of hydrogen-bond donors (Lipinski definition) is 3. The van der Waals surface area contributed by atoms with Gasteiger partial charge in [0.15, 0.2) is 5.78 Å². The summed E-state index contributed by atoms with van der Waals surface area (Å²) in [6.45, 7) is -0.157. The van der Waals surface area contributed by atoms with Crippen molar-refractivity contribution in [2.75, 3.05) is 17.6 Å². The zero-order valence-electron chi connectivity index (χ0n) is 13.3. The van der Waals surface area contributed by atoms with E-state index in [-0.39, 0.29) is 18.7 Å². The lowest BCUT2D eigenvalue weighted by molar-refractivity contribution is -0.124. The number of H-pyrrole nitrogens is 1. The summed E-state index contributed by atoms with van der Waals surface area (Å²) in [5, 5.41) is 10.5. The number of nitrogen functional groups attached to an aromatic ring is 1. The number of aromatic nitrogens is 2. The summed E-state index contributed by atoms with van der Waals surface area (Å²) in [5.41, 5.74) is 9.03. The van der Waals surface area contributed by atoms with Crippen molar-refractivity contribution in [3.05, 3.63) is 48.8 Å². The van der Waals surface area contributed by atoms with E-state index >= 15 is 0 Å². The van der Waals surface area contributed by atoms with Crippen LogP contribution in [-0.2, 0) is 9.59 Å². The van der Waals surface area contributed by atoms with Crippen molar-refractivity contribution in [2.24, 2.45) is 10.2 Å². The number of azo groups is 1. The van der Waals surface area contributed by atoms with Crippen LogP contribution in [0.25, 0.3) is 11.0 Å². The van der Waals surface area contributed by atoms with Gasteiger partial charge in [0, 0.05) is 11.4 Å². The normalized spacial score (nSPS) is 11.0. The van der Waals surface area contributed by atoms with Gasteiger partial charge in [-0.3, -0.25) is 9.59 Å². The van der Waals surface area contributed by atoms with Crippen molar-refractivity contribution < 1.29 is 9.59 Å². The van der Waals surface area contributed by atoms with Gasteiger partial charge in [-0.25, -0.2) is 4.98 Å². The SMILES string of the molecule is Nc1ccc(NC(=O)CC(=O)CN=Nc2ccc3nc[nH]c3c2)cc1. The first-order valence-corrected chi connectivity index (χ1v) is 7.58. The van der Waals surface area contributed by atoms with Gasteiger partial charge in [-0.2, -0.15) is 10.2 Å². The third kappa shape index (κ3) is 4.47. The number of nitrogens with two attached hydrogens (primary N) is 1. The number of imidazole rings is 1. The van der Waals surface area contributed by atoms with E-state index in [1.807, 2.05) is 6.07 Å². The highest BCUT2D eigenvalue weighted by molar-refractivity contribution is 6.05. The molecule has 0 aliphatic heterocycles. The van der Waals surface area contributed by atoms with E-state index < -0.39 is 5.91 Å². The predicted molar refractivity (Wildman–Crippen MR) is 94.6 cm³/mol. The molecule has 8 heteroatoms. The van der Waals surface area contributed by atoms with Gasteiger partial charge in [-0.1, -0.05) is 0 Å². The van der Waals surface area contributed by atoms with Crippen LogP contribution in [0.1, 0.15) is 6.42 Å². The third-order valence-electron chi connectivity index (χ3n) is 3.39. The number of ketones is 1. The average molecular weight is 336 g/mol. The zero-order valence-corrected chi connectivity index (χ0v) is 13.3. The number of fused-ring (bicyclic) bond motifs is 1. The van der Waals surface area contributed by atoms with Crippen LogP contribution in [0, 0.1) is 0 Å². The molecular weight excluding hydrogens is 320 g/mol. The second-order valence-electron chi connectivity index (χ2n) is 5.39. The quantitative estimate of drug-likeness (QED) is 0.363. The van der Waals surface area contributed by atoms with Gasteiger partial charge < -0.3 is 16.0 Å². The molecule has 0 saturated heterocycles. The van der Waals surface area contributed by atoms with E-state index in [2.05, 4.69) is 25.5 Å². The maximum atomic E-state index is 11.8. The van der Waals surface area contributed by atoms with E-state index in [1.165, 1.54) is 0 Å². The molecule has 0 radical (unpaired) electrons. The number of nitrogens with zero attached hydrogens (tertiary/aromatic N) is 3. The molecule has 0 unspecified atom stereocenters. The topological polar surface area (TPSA) is 126 Å².